The zero-order valence-electron chi connectivity index (χ0n) is 17.4. The van der Waals surface area contributed by atoms with E-state index < -0.39 is 0 Å². The van der Waals surface area contributed by atoms with Gasteiger partial charge in [-0.1, -0.05) is 62.2 Å². The van der Waals surface area contributed by atoms with E-state index in [0.29, 0.717) is 22.6 Å². The number of nitrogens with zero attached hydrogens (tertiary/aromatic N) is 4. The Morgan fingerprint density at radius 3 is 2.65 bits per heavy atom. The van der Waals surface area contributed by atoms with Crippen LogP contribution in [0.1, 0.15) is 26.2 Å². The quantitative estimate of drug-likeness (QED) is 0.377. The van der Waals surface area contributed by atoms with Crippen molar-refractivity contribution in [3.05, 3.63) is 76.7 Å². The van der Waals surface area contributed by atoms with Gasteiger partial charge in [0.05, 0.1) is 22.9 Å². The maximum Gasteiger partial charge on any atom is 0.261 e. The number of unbranched alkanes of at least 4 members (excludes halogenated alkanes) is 2. The van der Waals surface area contributed by atoms with Crippen molar-refractivity contribution in [2.75, 3.05) is 11.4 Å². The van der Waals surface area contributed by atoms with Gasteiger partial charge in [0.15, 0.2) is 5.13 Å². The fraction of sp³-hybridized carbons (Fsp3) is 0.250. The molecule has 0 N–H and O–H groups in total. The highest BCUT2D eigenvalue weighted by molar-refractivity contribution is 7.14. The number of hydrogen-bond acceptors (Lipinski definition) is 5. The average molecular weight is 433 g/mol. The minimum atomic E-state index is -0.212. The van der Waals surface area contributed by atoms with Crippen molar-refractivity contribution in [2.24, 2.45) is 0 Å². The first-order valence-electron chi connectivity index (χ1n) is 10.4. The van der Waals surface area contributed by atoms with Crippen molar-refractivity contribution in [3.8, 4) is 11.3 Å². The van der Waals surface area contributed by atoms with Gasteiger partial charge in [-0.05, 0) is 18.6 Å². The molecule has 31 heavy (non-hydrogen) atoms. The predicted octanol–water partition coefficient (Wildman–Crippen LogP) is 4.74. The number of carbonyl (C=O) groups excluding carboxylic acids is 1. The SMILES string of the molecule is CCCCCN(C(=O)Cn1cnc2ccccc2c1=O)c1nc(-c2ccccc2)cs1. The largest absolute Gasteiger partial charge is 0.289 e. The summed E-state index contributed by atoms with van der Waals surface area (Å²) < 4.78 is 1.38. The molecular formula is C24H24N4O2S. The Balaban J connectivity index is 1.60. The second-order valence-corrected chi connectivity index (χ2v) is 8.17. The molecule has 1 amide bonds. The second-order valence-electron chi connectivity index (χ2n) is 7.33. The van der Waals surface area contributed by atoms with Gasteiger partial charge in [0.2, 0.25) is 5.91 Å². The molecule has 2 aromatic heterocycles. The normalized spacial score (nSPS) is 11.0. The van der Waals surface area contributed by atoms with Gasteiger partial charge in [0, 0.05) is 17.5 Å². The molecule has 0 spiro atoms. The van der Waals surface area contributed by atoms with Crippen molar-refractivity contribution in [3.63, 3.8) is 0 Å². The Bertz CT molecular complexity index is 1230. The molecule has 0 aliphatic heterocycles. The molecule has 4 rings (SSSR count). The zero-order valence-corrected chi connectivity index (χ0v) is 18.2. The van der Waals surface area contributed by atoms with Crippen LogP contribution in [0.25, 0.3) is 22.2 Å². The van der Waals surface area contributed by atoms with Crippen molar-refractivity contribution in [2.45, 2.75) is 32.7 Å². The van der Waals surface area contributed by atoms with Crippen LogP contribution in [0.5, 0.6) is 0 Å². The maximum absolute atomic E-state index is 13.2. The van der Waals surface area contributed by atoms with Gasteiger partial charge in [-0.15, -0.1) is 11.3 Å². The molecule has 6 nitrogen and oxygen atoms in total. The molecule has 0 bridgehead atoms. The molecule has 0 saturated carbocycles. The second kappa shape index (κ2) is 9.66. The molecule has 0 saturated heterocycles. The first-order chi connectivity index (χ1) is 15.2. The molecule has 2 aromatic carbocycles. The van der Waals surface area contributed by atoms with Crippen molar-refractivity contribution in [1.29, 1.82) is 0 Å². The van der Waals surface area contributed by atoms with Crippen LogP contribution < -0.4 is 10.5 Å². The first-order valence-corrected chi connectivity index (χ1v) is 11.3. The van der Waals surface area contributed by atoms with E-state index in [1.807, 2.05) is 41.8 Å². The topological polar surface area (TPSA) is 68.1 Å². The van der Waals surface area contributed by atoms with Gasteiger partial charge in [-0.2, -0.15) is 0 Å². The summed E-state index contributed by atoms with van der Waals surface area (Å²) in [6, 6.07) is 17.1. The lowest BCUT2D eigenvalue weighted by Gasteiger charge is -2.20. The van der Waals surface area contributed by atoms with Crippen molar-refractivity contribution >= 4 is 33.3 Å². The number of hydrogen-bond donors (Lipinski definition) is 0. The summed E-state index contributed by atoms with van der Waals surface area (Å²) in [5.74, 6) is -0.163. The Kier molecular flexibility index (Phi) is 6.52. The Morgan fingerprint density at radius 1 is 1.06 bits per heavy atom. The molecule has 0 aliphatic carbocycles. The van der Waals surface area contributed by atoms with Crippen molar-refractivity contribution < 1.29 is 4.79 Å². The lowest BCUT2D eigenvalue weighted by atomic mass is 10.2. The Labute approximate surface area is 184 Å². The third kappa shape index (κ3) is 4.72. The highest BCUT2D eigenvalue weighted by Crippen LogP contribution is 2.28. The number of rotatable bonds is 8. The van der Waals surface area contributed by atoms with Gasteiger partial charge in [-0.25, -0.2) is 9.97 Å². The first kappa shape index (κ1) is 20.9. The number of para-hydroxylation sites is 1. The van der Waals surface area contributed by atoms with Crippen LogP contribution in [-0.4, -0.2) is 27.0 Å². The monoisotopic (exact) mass is 432 g/mol. The van der Waals surface area contributed by atoms with Gasteiger partial charge in [0.25, 0.3) is 5.56 Å². The fourth-order valence-electron chi connectivity index (χ4n) is 3.43. The number of aromatic nitrogens is 3. The number of fused-ring (bicyclic) bond motifs is 1. The Hall–Kier alpha value is -3.32. The smallest absolute Gasteiger partial charge is 0.261 e. The maximum atomic E-state index is 13.2. The summed E-state index contributed by atoms with van der Waals surface area (Å²) in [5, 5.41) is 3.13. The van der Waals surface area contributed by atoms with Crippen LogP contribution >= 0.6 is 11.3 Å². The highest BCUT2D eigenvalue weighted by Gasteiger charge is 2.20. The molecule has 4 aromatic rings. The lowest BCUT2D eigenvalue weighted by Crippen LogP contribution is -2.37. The molecular weight excluding hydrogens is 408 g/mol. The van der Waals surface area contributed by atoms with Crippen LogP contribution in [0.4, 0.5) is 5.13 Å². The van der Waals surface area contributed by atoms with E-state index in [1.54, 1.807) is 23.1 Å². The lowest BCUT2D eigenvalue weighted by molar-refractivity contribution is -0.119. The van der Waals surface area contributed by atoms with Crippen LogP contribution in [-0.2, 0) is 11.3 Å². The van der Waals surface area contributed by atoms with Crippen molar-refractivity contribution in [1.82, 2.24) is 14.5 Å². The Morgan fingerprint density at radius 2 is 1.84 bits per heavy atom. The van der Waals surface area contributed by atoms with E-state index in [-0.39, 0.29) is 18.0 Å². The predicted molar refractivity (Wildman–Crippen MR) is 125 cm³/mol. The zero-order chi connectivity index (χ0) is 21.6. The summed E-state index contributed by atoms with van der Waals surface area (Å²) in [5.41, 5.74) is 2.28. The molecule has 0 atom stereocenters. The van der Waals surface area contributed by atoms with E-state index in [2.05, 4.69) is 11.9 Å². The summed E-state index contributed by atoms with van der Waals surface area (Å²) >= 11 is 1.45. The third-order valence-corrected chi connectivity index (χ3v) is 5.98. The van der Waals surface area contributed by atoms with E-state index in [1.165, 1.54) is 22.2 Å². The molecule has 0 aliphatic rings. The number of carbonyl (C=O) groups is 1. The highest BCUT2D eigenvalue weighted by atomic mass is 32.1. The molecule has 0 unspecified atom stereocenters. The number of benzene rings is 2. The van der Waals surface area contributed by atoms with E-state index in [0.717, 1.165) is 30.5 Å². The summed E-state index contributed by atoms with van der Waals surface area (Å²) in [6.07, 6.45) is 4.42. The summed E-state index contributed by atoms with van der Waals surface area (Å²) in [6.45, 7) is 2.64. The minimum Gasteiger partial charge on any atom is -0.289 e. The van der Waals surface area contributed by atoms with Crippen LogP contribution in [0.2, 0.25) is 0 Å². The number of anilines is 1. The van der Waals surface area contributed by atoms with Gasteiger partial charge in [-0.3, -0.25) is 19.1 Å². The third-order valence-electron chi connectivity index (χ3n) is 5.12. The molecule has 2 heterocycles. The average Bonchev–Trinajstić information content (AvgIpc) is 3.29. The molecule has 158 valence electrons. The van der Waals surface area contributed by atoms with E-state index in [4.69, 9.17) is 4.98 Å². The van der Waals surface area contributed by atoms with Crippen LogP contribution in [0.15, 0.2) is 71.1 Å². The molecule has 7 heteroatoms. The van der Waals surface area contributed by atoms with E-state index in [9.17, 15) is 9.59 Å². The standard InChI is InChI=1S/C24H24N4O2S/c1-2-3-9-14-28(24-26-21(16-31-24)18-10-5-4-6-11-18)22(29)15-27-17-25-20-13-8-7-12-19(20)23(27)30/h4-8,10-13,16-17H,2-3,9,14-15H2,1H3. The molecule has 0 radical (unpaired) electrons. The van der Waals surface area contributed by atoms with Gasteiger partial charge in [0.1, 0.15) is 6.54 Å². The molecule has 0 fully saturated rings. The fourth-order valence-corrected chi connectivity index (χ4v) is 4.30. The van der Waals surface area contributed by atoms with Crippen LogP contribution in [0.3, 0.4) is 0 Å². The van der Waals surface area contributed by atoms with Crippen LogP contribution in [0, 0.1) is 0 Å². The summed E-state index contributed by atoms with van der Waals surface area (Å²) in [4.78, 5) is 36.8. The van der Waals surface area contributed by atoms with Gasteiger partial charge >= 0.3 is 0 Å². The number of amides is 1. The number of thiazole rings is 1. The van der Waals surface area contributed by atoms with Gasteiger partial charge < -0.3 is 0 Å². The van der Waals surface area contributed by atoms with E-state index >= 15 is 0 Å². The summed E-state index contributed by atoms with van der Waals surface area (Å²) in [7, 11) is 0. The minimum absolute atomic E-state index is 0.0664.